The quantitative estimate of drug-likeness (QED) is 0.327. The smallest absolute Gasteiger partial charge is 0.312 e. The highest BCUT2D eigenvalue weighted by atomic mass is 79.9. The average molecular weight is 437 g/mol. The summed E-state index contributed by atoms with van der Waals surface area (Å²) in [6.07, 6.45) is 5.90. The molecule has 4 aliphatic rings. The van der Waals surface area contributed by atoms with Crippen LogP contribution < -0.4 is 5.32 Å². The van der Waals surface area contributed by atoms with Crippen LogP contribution in [0.2, 0.25) is 0 Å². The van der Waals surface area contributed by atoms with Crippen LogP contribution in [-0.4, -0.2) is 27.7 Å². The number of esters is 1. The number of ether oxygens (including phenoxy) is 1. The van der Waals surface area contributed by atoms with Crippen molar-refractivity contribution in [3.63, 3.8) is 0 Å². The third-order valence-corrected chi connectivity index (χ3v) is 7.03. The van der Waals surface area contributed by atoms with E-state index >= 15 is 0 Å². The van der Waals surface area contributed by atoms with Gasteiger partial charge in [-0.25, -0.2) is 0 Å². The number of benzene rings is 1. The Hall–Kier alpha value is -1.96. The zero-order chi connectivity index (χ0) is 19.2. The Bertz CT molecular complexity index is 797. The SMILES string of the molecule is O=C(COC(=O)C12CC3CC(CC(Br)(C3)C1)C2)Nc1cccc([N+](=O)[O-])c1. The second-order valence-electron chi connectivity index (χ2n) is 8.32. The van der Waals surface area contributed by atoms with E-state index in [1.54, 1.807) is 6.07 Å². The van der Waals surface area contributed by atoms with Gasteiger partial charge in [0.05, 0.1) is 10.3 Å². The molecule has 4 saturated carbocycles. The summed E-state index contributed by atoms with van der Waals surface area (Å²) in [5, 5.41) is 13.3. The molecule has 2 atom stereocenters. The van der Waals surface area contributed by atoms with Gasteiger partial charge >= 0.3 is 5.97 Å². The number of nitrogens with zero attached hydrogens (tertiary/aromatic N) is 1. The molecule has 0 spiro atoms. The zero-order valence-corrected chi connectivity index (χ0v) is 16.4. The first-order chi connectivity index (χ1) is 12.8. The van der Waals surface area contributed by atoms with E-state index in [2.05, 4.69) is 21.2 Å². The lowest BCUT2D eigenvalue weighted by molar-refractivity contribution is -0.384. The minimum absolute atomic E-state index is 0.0430. The second kappa shape index (κ2) is 6.58. The monoisotopic (exact) mass is 436 g/mol. The minimum atomic E-state index is -0.529. The van der Waals surface area contributed by atoms with Crippen molar-refractivity contribution in [1.29, 1.82) is 0 Å². The molecule has 0 aromatic heterocycles. The zero-order valence-electron chi connectivity index (χ0n) is 14.8. The summed E-state index contributed by atoms with van der Waals surface area (Å²) < 4.78 is 5.42. The summed E-state index contributed by atoms with van der Waals surface area (Å²) in [4.78, 5) is 35.2. The van der Waals surface area contributed by atoms with E-state index in [4.69, 9.17) is 4.74 Å². The molecule has 4 aliphatic carbocycles. The second-order valence-corrected chi connectivity index (χ2v) is 10.0. The fourth-order valence-corrected chi connectivity index (χ4v) is 7.02. The van der Waals surface area contributed by atoms with Crippen molar-refractivity contribution in [2.45, 2.75) is 42.8 Å². The molecule has 0 saturated heterocycles. The molecule has 4 fully saturated rings. The van der Waals surface area contributed by atoms with Crippen LogP contribution in [0.25, 0.3) is 0 Å². The normalized spacial score (nSPS) is 33.5. The van der Waals surface area contributed by atoms with E-state index in [0.29, 0.717) is 17.5 Å². The number of amides is 1. The maximum Gasteiger partial charge on any atom is 0.312 e. The molecule has 1 amide bonds. The number of anilines is 1. The highest BCUT2D eigenvalue weighted by Crippen LogP contribution is 2.64. The molecule has 8 heteroatoms. The molecule has 1 aromatic rings. The van der Waals surface area contributed by atoms with Gasteiger partial charge in [-0.2, -0.15) is 0 Å². The van der Waals surface area contributed by atoms with Gasteiger partial charge in [-0.3, -0.25) is 19.7 Å². The van der Waals surface area contributed by atoms with Crippen molar-refractivity contribution >= 4 is 39.2 Å². The first kappa shape index (κ1) is 18.4. The summed E-state index contributed by atoms with van der Waals surface area (Å²) in [5.41, 5.74) is -0.278. The van der Waals surface area contributed by atoms with Crippen LogP contribution in [-0.2, 0) is 14.3 Å². The van der Waals surface area contributed by atoms with Gasteiger partial charge in [0, 0.05) is 22.1 Å². The first-order valence-corrected chi connectivity index (χ1v) is 9.97. The lowest BCUT2D eigenvalue weighted by Gasteiger charge is -2.58. The molecule has 5 rings (SSSR count). The highest BCUT2D eigenvalue weighted by Gasteiger charge is 2.60. The number of nitrogens with one attached hydrogen (secondary N) is 1. The Balaban J connectivity index is 1.36. The number of nitro benzene ring substituents is 1. The van der Waals surface area contributed by atoms with Crippen LogP contribution in [0.1, 0.15) is 38.5 Å². The fraction of sp³-hybridized carbons (Fsp3) is 0.579. The van der Waals surface area contributed by atoms with Crippen molar-refractivity contribution < 1.29 is 19.2 Å². The molecule has 4 bridgehead atoms. The van der Waals surface area contributed by atoms with Crippen LogP contribution in [0.15, 0.2) is 24.3 Å². The number of hydrogen-bond donors (Lipinski definition) is 1. The third kappa shape index (κ3) is 3.59. The highest BCUT2D eigenvalue weighted by molar-refractivity contribution is 9.10. The van der Waals surface area contributed by atoms with Crippen LogP contribution in [0.4, 0.5) is 11.4 Å². The van der Waals surface area contributed by atoms with Crippen molar-refractivity contribution in [3.8, 4) is 0 Å². The van der Waals surface area contributed by atoms with Gasteiger partial charge in [-0.15, -0.1) is 0 Å². The predicted octanol–water partition coefficient (Wildman–Crippen LogP) is 3.81. The van der Waals surface area contributed by atoms with Gasteiger partial charge < -0.3 is 10.1 Å². The van der Waals surface area contributed by atoms with Gasteiger partial charge in [0.2, 0.25) is 0 Å². The van der Waals surface area contributed by atoms with Crippen molar-refractivity contribution in [2.75, 3.05) is 11.9 Å². The van der Waals surface area contributed by atoms with Gasteiger partial charge in [-0.1, -0.05) is 22.0 Å². The summed E-state index contributed by atoms with van der Waals surface area (Å²) in [6, 6.07) is 5.66. The Morgan fingerprint density at radius 2 is 1.96 bits per heavy atom. The lowest BCUT2D eigenvalue weighted by Crippen LogP contribution is -2.56. The topological polar surface area (TPSA) is 98.5 Å². The molecule has 7 nitrogen and oxygen atoms in total. The molecule has 144 valence electrons. The Labute approximate surface area is 165 Å². The Morgan fingerprint density at radius 1 is 1.26 bits per heavy atom. The molecule has 0 heterocycles. The summed E-state index contributed by atoms with van der Waals surface area (Å²) in [5.74, 6) is 0.325. The minimum Gasteiger partial charge on any atom is -0.455 e. The molecule has 2 unspecified atom stereocenters. The van der Waals surface area contributed by atoms with Gasteiger partial charge in [0.25, 0.3) is 11.6 Å². The van der Waals surface area contributed by atoms with Crippen molar-refractivity contribution in [1.82, 2.24) is 0 Å². The maximum absolute atomic E-state index is 12.8. The number of carbonyl (C=O) groups is 2. The summed E-state index contributed by atoms with van der Waals surface area (Å²) in [7, 11) is 0. The molecule has 27 heavy (non-hydrogen) atoms. The van der Waals surface area contributed by atoms with Crippen LogP contribution >= 0.6 is 15.9 Å². The number of rotatable bonds is 5. The van der Waals surface area contributed by atoms with E-state index in [1.807, 2.05) is 0 Å². The average Bonchev–Trinajstić information content (AvgIpc) is 2.57. The molecular weight excluding hydrogens is 416 g/mol. The molecular formula is C19H21BrN2O5. The van der Waals surface area contributed by atoms with Gasteiger partial charge in [-0.05, 0) is 56.4 Å². The van der Waals surface area contributed by atoms with Crippen molar-refractivity contribution in [3.05, 3.63) is 34.4 Å². The van der Waals surface area contributed by atoms with E-state index in [-0.39, 0.29) is 22.6 Å². The number of hydrogen-bond acceptors (Lipinski definition) is 5. The van der Waals surface area contributed by atoms with Gasteiger partial charge in [0.15, 0.2) is 6.61 Å². The number of non-ortho nitro benzene ring substituents is 1. The van der Waals surface area contributed by atoms with Crippen LogP contribution in [0.5, 0.6) is 0 Å². The Kier molecular flexibility index (Phi) is 4.49. The first-order valence-electron chi connectivity index (χ1n) is 9.17. The molecule has 1 aromatic carbocycles. The number of carbonyl (C=O) groups excluding carboxylic acids is 2. The van der Waals surface area contributed by atoms with E-state index in [1.165, 1.54) is 24.6 Å². The summed E-state index contributed by atoms with van der Waals surface area (Å²) in [6.45, 7) is -0.381. The largest absolute Gasteiger partial charge is 0.455 e. The van der Waals surface area contributed by atoms with E-state index in [0.717, 1.165) is 32.1 Å². The molecule has 1 N–H and O–H groups in total. The fourth-order valence-electron chi connectivity index (χ4n) is 5.57. The third-order valence-electron chi connectivity index (χ3n) is 6.10. The van der Waals surface area contributed by atoms with E-state index < -0.39 is 16.2 Å². The Morgan fingerprint density at radius 3 is 2.59 bits per heavy atom. The van der Waals surface area contributed by atoms with Crippen molar-refractivity contribution in [2.24, 2.45) is 17.3 Å². The molecule has 0 radical (unpaired) electrons. The standard InChI is InChI=1S/C19H21BrN2O5/c20-19-8-12-4-13(9-19)7-18(6-12,11-19)17(24)27-10-16(23)21-14-2-1-3-15(5-14)22(25)26/h1-3,5,12-13H,4,6-11H2,(H,21,23). The predicted molar refractivity (Wildman–Crippen MR) is 101 cm³/mol. The maximum atomic E-state index is 12.8. The number of nitro groups is 1. The number of halogens is 1. The van der Waals surface area contributed by atoms with E-state index in [9.17, 15) is 19.7 Å². The lowest BCUT2D eigenvalue weighted by atomic mass is 9.49. The molecule has 0 aliphatic heterocycles. The van der Waals surface area contributed by atoms with Crippen LogP contribution in [0, 0.1) is 27.4 Å². The summed E-state index contributed by atoms with van der Waals surface area (Å²) >= 11 is 3.86. The van der Waals surface area contributed by atoms with Crippen LogP contribution in [0.3, 0.4) is 0 Å². The van der Waals surface area contributed by atoms with Gasteiger partial charge in [0.1, 0.15) is 0 Å². The number of alkyl halides is 1.